The van der Waals surface area contributed by atoms with Crippen LogP contribution in [0.15, 0.2) is 52.5 Å². The van der Waals surface area contributed by atoms with E-state index in [2.05, 4.69) is 53.9 Å². The van der Waals surface area contributed by atoms with E-state index in [-0.39, 0.29) is 0 Å². The maximum absolute atomic E-state index is 12.4. The lowest BCUT2D eigenvalue weighted by molar-refractivity contribution is 0.0702. The van der Waals surface area contributed by atoms with E-state index in [4.69, 9.17) is 0 Å². The van der Waals surface area contributed by atoms with Crippen LogP contribution in [0.25, 0.3) is 33.5 Å². The number of aromatic carboxylic acids is 1. The van der Waals surface area contributed by atoms with Crippen molar-refractivity contribution < 1.29 is 9.90 Å². The molecule has 1 saturated carbocycles. The summed E-state index contributed by atoms with van der Waals surface area (Å²) in [5, 5.41) is 14.9. The summed E-state index contributed by atoms with van der Waals surface area (Å²) in [7, 11) is 2.18. The number of likely N-dealkylation sites (N-methyl/N-ethyl adjacent to an activating group) is 1. The van der Waals surface area contributed by atoms with Crippen LogP contribution in [-0.2, 0) is 0 Å². The Hall–Kier alpha value is -3.29. The Kier molecular flexibility index (Phi) is 8.01. The summed E-state index contributed by atoms with van der Waals surface area (Å²) in [5.74, 6) is 1.20. The van der Waals surface area contributed by atoms with Crippen LogP contribution in [0, 0.1) is 11.8 Å². The Morgan fingerprint density at radius 3 is 2.46 bits per heavy atom. The van der Waals surface area contributed by atoms with Crippen LogP contribution < -0.4 is 0 Å². The second kappa shape index (κ2) is 11.4. The first-order chi connectivity index (χ1) is 18.7. The number of carboxylic acids is 1. The number of benzene rings is 1. The minimum Gasteiger partial charge on any atom is -0.477 e. The Morgan fingerprint density at radius 2 is 1.82 bits per heavy atom. The number of carboxylic acid groups (broad SMARTS) is 1. The van der Waals surface area contributed by atoms with Crippen LogP contribution in [0.1, 0.15) is 68.1 Å². The molecule has 204 valence electrons. The van der Waals surface area contributed by atoms with Crippen LogP contribution in [0.5, 0.6) is 0 Å². The van der Waals surface area contributed by atoms with Crippen LogP contribution in [0.2, 0.25) is 0 Å². The second-order valence-corrected chi connectivity index (χ2v) is 12.4. The van der Waals surface area contributed by atoms with Crippen molar-refractivity contribution in [3.63, 3.8) is 0 Å². The molecule has 0 amide bonds. The number of aliphatic imine (C=N–C) groups is 1. The van der Waals surface area contributed by atoms with E-state index in [1.54, 1.807) is 4.68 Å². The molecule has 1 aliphatic heterocycles. The molecule has 1 aliphatic carbocycles. The Labute approximate surface area is 235 Å². The topological polar surface area (TPSA) is 70.7 Å². The molecule has 0 saturated heterocycles. The number of nitrogens with zero attached hydrogens (tertiary/aromatic N) is 4. The summed E-state index contributed by atoms with van der Waals surface area (Å²) >= 11 is 1.38. The minimum absolute atomic E-state index is 0.456. The number of hydrogen-bond donors (Lipinski definition) is 1. The molecule has 1 aromatic carbocycles. The predicted molar refractivity (Wildman–Crippen MR) is 163 cm³/mol. The van der Waals surface area contributed by atoms with Crippen LogP contribution >= 0.6 is 11.3 Å². The van der Waals surface area contributed by atoms with E-state index in [1.807, 2.05) is 38.2 Å². The van der Waals surface area contributed by atoms with Crippen LogP contribution in [-0.4, -0.2) is 52.6 Å². The summed E-state index contributed by atoms with van der Waals surface area (Å²) in [6.07, 6.45) is 7.77. The predicted octanol–water partition coefficient (Wildman–Crippen LogP) is 8.11. The van der Waals surface area contributed by atoms with Gasteiger partial charge in [-0.3, -0.25) is 0 Å². The normalized spacial score (nSPS) is 20.2. The van der Waals surface area contributed by atoms with E-state index in [1.165, 1.54) is 48.2 Å². The van der Waals surface area contributed by atoms with Gasteiger partial charge in [-0.05, 0) is 81.5 Å². The highest BCUT2D eigenvalue weighted by molar-refractivity contribution is 7.17. The number of carbonyl (C=O) groups is 1. The maximum atomic E-state index is 12.4. The lowest BCUT2D eigenvalue weighted by atomic mass is 9.75. The summed E-state index contributed by atoms with van der Waals surface area (Å²) in [5.41, 5.74) is 7.61. The number of aromatic nitrogens is 2. The number of thiophene rings is 1. The van der Waals surface area contributed by atoms with Crippen molar-refractivity contribution >= 4 is 41.6 Å². The van der Waals surface area contributed by atoms with Crippen molar-refractivity contribution in [2.24, 2.45) is 16.8 Å². The number of hydrogen-bond acceptors (Lipinski definition) is 5. The average Bonchev–Trinajstić information content (AvgIpc) is 3.54. The highest BCUT2D eigenvalue weighted by Crippen LogP contribution is 2.43. The number of rotatable bonds is 7. The first-order valence-corrected chi connectivity index (χ1v) is 14.6. The molecule has 0 unspecified atom stereocenters. The maximum Gasteiger partial charge on any atom is 0.346 e. The molecule has 0 atom stereocenters. The molecule has 0 spiro atoms. The van der Waals surface area contributed by atoms with Crippen molar-refractivity contribution in [2.45, 2.75) is 52.9 Å². The monoisotopic (exact) mass is 542 g/mol. The largest absolute Gasteiger partial charge is 0.477 e. The summed E-state index contributed by atoms with van der Waals surface area (Å²) in [4.78, 5) is 20.4. The fraction of sp³-hybridized carbons (Fsp3) is 0.406. The summed E-state index contributed by atoms with van der Waals surface area (Å²) < 4.78 is 1.75. The van der Waals surface area contributed by atoms with Gasteiger partial charge in [-0.1, -0.05) is 49.6 Å². The van der Waals surface area contributed by atoms with Gasteiger partial charge in [0.15, 0.2) is 5.82 Å². The van der Waals surface area contributed by atoms with E-state index >= 15 is 0 Å². The van der Waals surface area contributed by atoms with Crippen molar-refractivity contribution in [1.82, 2.24) is 14.7 Å². The van der Waals surface area contributed by atoms with Crippen LogP contribution in [0.3, 0.4) is 0 Å². The quantitative estimate of drug-likeness (QED) is 0.306. The SMILES string of the molecule is C=Nc1cc(-c2ccc(-c3cc(C4=C(C5CCC(C)CC5)CN(C)CC4)c(C(=O)O)s3)cc2)nn1C=C(C)C. The highest BCUT2D eigenvalue weighted by Gasteiger charge is 2.30. The Balaban J connectivity index is 1.49. The van der Waals surface area contributed by atoms with Gasteiger partial charge in [0.05, 0.1) is 5.69 Å². The second-order valence-electron chi connectivity index (χ2n) is 11.4. The van der Waals surface area contributed by atoms with Gasteiger partial charge in [-0.2, -0.15) is 5.10 Å². The number of allylic oxidation sites excluding steroid dienone is 1. The smallest absolute Gasteiger partial charge is 0.346 e. The molecule has 39 heavy (non-hydrogen) atoms. The van der Waals surface area contributed by atoms with E-state index in [0.29, 0.717) is 16.6 Å². The average molecular weight is 543 g/mol. The third kappa shape index (κ3) is 5.85. The van der Waals surface area contributed by atoms with Gasteiger partial charge in [0, 0.05) is 41.4 Å². The molecular formula is C32H38N4O2S. The van der Waals surface area contributed by atoms with Gasteiger partial charge >= 0.3 is 5.97 Å². The third-order valence-electron chi connectivity index (χ3n) is 8.06. The molecule has 6 nitrogen and oxygen atoms in total. The molecular weight excluding hydrogens is 504 g/mol. The van der Waals surface area contributed by atoms with Crippen molar-refractivity contribution in [2.75, 3.05) is 20.1 Å². The first kappa shape index (κ1) is 27.3. The van der Waals surface area contributed by atoms with E-state index in [9.17, 15) is 9.90 Å². The van der Waals surface area contributed by atoms with Gasteiger partial charge in [-0.15, -0.1) is 11.3 Å². The molecule has 7 heteroatoms. The standard InChI is InChI=1S/C32H38N4O2S/c1-20(2)18-36-30(33-4)17-28(34-36)23-10-12-24(13-11-23)29-16-26(31(39-29)32(37)38)25-14-15-35(5)19-27(25)22-8-6-21(3)7-9-22/h10-13,16-18,21-22H,4,6-9,14-15,19H2,1-3,5H3,(H,37,38). The molecule has 3 aromatic rings. The fourth-order valence-corrected chi connectivity index (χ4v) is 6.96. The lowest BCUT2D eigenvalue weighted by Crippen LogP contribution is -2.31. The molecule has 3 heterocycles. The van der Waals surface area contributed by atoms with Crippen molar-refractivity contribution in [3.05, 3.63) is 58.0 Å². The molecule has 5 rings (SSSR count). The molecule has 0 bridgehead atoms. The molecule has 2 aliphatic rings. The Bertz CT molecular complexity index is 1430. The molecule has 1 N–H and O–H groups in total. The third-order valence-corrected chi connectivity index (χ3v) is 9.23. The minimum atomic E-state index is -0.838. The van der Waals surface area contributed by atoms with Crippen molar-refractivity contribution in [1.29, 1.82) is 0 Å². The van der Waals surface area contributed by atoms with Crippen LogP contribution in [0.4, 0.5) is 5.82 Å². The van der Waals surface area contributed by atoms with Gasteiger partial charge < -0.3 is 10.0 Å². The summed E-state index contributed by atoms with van der Waals surface area (Å²) in [6, 6.07) is 12.3. The van der Waals surface area contributed by atoms with E-state index in [0.717, 1.165) is 58.3 Å². The zero-order valence-corrected chi connectivity index (χ0v) is 24.2. The molecule has 0 radical (unpaired) electrons. The van der Waals surface area contributed by atoms with Gasteiger partial charge in [-0.25, -0.2) is 14.5 Å². The van der Waals surface area contributed by atoms with Gasteiger partial charge in [0.2, 0.25) is 0 Å². The van der Waals surface area contributed by atoms with Gasteiger partial charge in [0.25, 0.3) is 0 Å². The lowest BCUT2D eigenvalue weighted by Gasteiger charge is -2.35. The fourth-order valence-electron chi connectivity index (χ4n) is 5.93. The molecule has 2 aromatic heterocycles. The Morgan fingerprint density at radius 1 is 1.13 bits per heavy atom. The van der Waals surface area contributed by atoms with Gasteiger partial charge in [0.1, 0.15) is 4.88 Å². The first-order valence-electron chi connectivity index (χ1n) is 13.8. The van der Waals surface area contributed by atoms with E-state index < -0.39 is 5.97 Å². The molecule has 1 fully saturated rings. The van der Waals surface area contributed by atoms with Crippen molar-refractivity contribution in [3.8, 4) is 21.7 Å². The summed E-state index contributed by atoms with van der Waals surface area (Å²) in [6.45, 7) is 12.0. The zero-order valence-electron chi connectivity index (χ0n) is 23.4. The highest BCUT2D eigenvalue weighted by atomic mass is 32.1. The zero-order chi connectivity index (χ0) is 27.7.